The van der Waals surface area contributed by atoms with Gasteiger partial charge in [0.15, 0.2) is 0 Å². The first kappa shape index (κ1) is 14.5. The Morgan fingerprint density at radius 2 is 2.16 bits per heavy atom. The molecule has 2 N–H and O–H groups in total. The molecule has 106 valence electrons. The number of nitrogens with zero attached hydrogens (tertiary/aromatic N) is 2. The molecular formula is C14H23N3OS. The average Bonchev–Trinajstić information content (AvgIpc) is 2.92. The summed E-state index contributed by atoms with van der Waals surface area (Å²) in [5.74, 6) is 0.336. The molecule has 0 spiro atoms. The summed E-state index contributed by atoms with van der Waals surface area (Å²) in [6.07, 6.45) is 2.73. The van der Waals surface area contributed by atoms with Crippen LogP contribution in [0.25, 0.3) is 0 Å². The number of hydrogen-bond donors (Lipinski definition) is 1. The zero-order valence-corrected chi connectivity index (χ0v) is 13.0. The van der Waals surface area contributed by atoms with Gasteiger partial charge in [0.1, 0.15) is 0 Å². The van der Waals surface area contributed by atoms with Crippen molar-refractivity contribution < 1.29 is 4.79 Å². The summed E-state index contributed by atoms with van der Waals surface area (Å²) in [5.41, 5.74) is 6.94. The third-order valence-electron chi connectivity index (χ3n) is 4.07. The molecule has 0 bridgehead atoms. The van der Waals surface area contributed by atoms with E-state index in [9.17, 15) is 4.79 Å². The maximum atomic E-state index is 12.5. The van der Waals surface area contributed by atoms with Crippen molar-refractivity contribution in [3.8, 4) is 0 Å². The molecule has 0 radical (unpaired) electrons. The Morgan fingerprint density at radius 1 is 1.47 bits per heavy atom. The van der Waals surface area contributed by atoms with Crippen LogP contribution in [-0.2, 0) is 4.79 Å². The van der Waals surface area contributed by atoms with Crippen molar-refractivity contribution in [2.45, 2.75) is 52.1 Å². The van der Waals surface area contributed by atoms with Gasteiger partial charge in [-0.15, -0.1) is 11.3 Å². The maximum Gasteiger partial charge on any atom is 0.226 e. The molecule has 1 aromatic heterocycles. The van der Waals surface area contributed by atoms with Gasteiger partial charge in [0.05, 0.1) is 16.7 Å². The zero-order chi connectivity index (χ0) is 14.2. The second-order valence-corrected chi connectivity index (χ2v) is 6.81. The number of thiazole rings is 1. The van der Waals surface area contributed by atoms with Crippen LogP contribution in [0.5, 0.6) is 0 Å². The quantitative estimate of drug-likeness (QED) is 0.925. The predicted octanol–water partition coefficient (Wildman–Crippen LogP) is 2.41. The van der Waals surface area contributed by atoms with Crippen molar-refractivity contribution >= 4 is 17.2 Å². The van der Waals surface area contributed by atoms with E-state index < -0.39 is 0 Å². The Bertz CT molecular complexity index is 471. The van der Waals surface area contributed by atoms with E-state index in [1.165, 1.54) is 4.88 Å². The molecule has 0 aliphatic heterocycles. The molecule has 1 aliphatic carbocycles. The average molecular weight is 281 g/mol. The Balaban J connectivity index is 2.08. The minimum Gasteiger partial charge on any atom is -0.338 e. The van der Waals surface area contributed by atoms with Gasteiger partial charge in [0.25, 0.3) is 0 Å². The molecule has 1 saturated carbocycles. The second kappa shape index (κ2) is 5.59. The van der Waals surface area contributed by atoms with Gasteiger partial charge < -0.3 is 10.6 Å². The number of carbonyl (C=O) groups is 1. The summed E-state index contributed by atoms with van der Waals surface area (Å²) in [4.78, 5) is 20.0. The lowest BCUT2D eigenvalue weighted by molar-refractivity contribution is -0.135. The maximum absolute atomic E-state index is 12.5. The highest BCUT2D eigenvalue weighted by molar-refractivity contribution is 7.11. The van der Waals surface area contributed by atoms with Gasteiger partial charge in [-0.1, -0.05) is 0 Å². The van der Waals surface area contributed by atoms with Crippen molar-refractivity contribution in [1.82, 2.24) is 9.88 Å². The Morgan fingerprint density at radius 3 is 2.63 bits per heavy atom. The number of rotatable bonds is 3. The number of amides is 1. The van der Waals surface area contributed by atoms with Crippen molar-refractivity contribution in [3.63, 3.8) is 0 Å². The molecule has 1 fully saturated rings. The van der Waals surface area contributed by atoms with Crippen molar-refractivity contribution in [2.24, 2.45) is 11.7 Å². The smallest absolute Gasteiger partial charge is 0.226 e. The molecule has 3 unspecified atom stereocenters. The van der Waals surface area contributed by atoms with Gasteiger partial charge in [-0.25, -0.2) is 4.98 Å². The zero-order valence-electron chi connectivity index (χ0n) is 12.1. The molecule has 2 rings (SSSR count). The van der Waals surface area contributed by atoms with Gasteiger partial charge in [-0.3, -0.25) is 4.79 Å². The van der Waals surface area contributed by atoms with E-state index >= 15 is 0 Å². The summed E-state index contributed by atoms with van der Waals surface area (Å²) < 4.78 is 0. The first-order valence-electron chi connectivity index (χ1n) is 6.86. The van der Waals surface area contributed by atoms with E-state index in [2.05, 4.69) is 11.9 Å². The molecule has 3 atom stereocenters. The van der Waals surface area contributed by atoms with Gasteiger partial charge in [-0.05, 0) is 40.0 Å². The summed E-state index contributed by atoms with van der Waals surface area (Å²) >= 11 is 1.68. The fourth-order valence-electron chi connectivity index (χ4n) is 2.83. The number of aryl methyl sites for hydroxylation is 2. The third kappa shape index (κ3) is 2.98. The van der Waals surface area contributed by atoms with Gasteiger partial charge in [-0.2, -0.15) is 0 Å². The van der Waals surface area contributed by atoms with E-state index in [0.29, 0.717) is 0 Å². The number of carbonyl (C=O) groups excluding carboxylic acids is 1. The van der Waals surface area contributed by atoms with Crippen LogP contribution >= 0.6 is 11.3 Å². The molecular weight excluding hydrogens is 258 g/mol. The van der Waals surface area contributed by atoms with Crippen LogP contribution in [0.2, 0.25) is 0 Å². The van der Waals surface area contributed by atoms with Crippen LogP contribution < -0.4 is 5.73 Å². The van der Waals surface area contributed by atoms with E-state index in [1.54, 1.807) is 11.3 Å². The molecule has 1 amide bonds. The molecule has 19 heavy (non-hydrogen) atoms. The lowest BCUT2D eigenvalue weighted by Gasteiger charge is -2.27. The lowest BCUT2D eigenvalue weighted by Crippen LogP contribution is -2.34. The molecule has 0 saturated heterocycles. The largest absolute Gasteiger partial charge is 0.338 e. The lowest BCUT2D eigenvalue weighted by atomic mass is 10.1. The second-order valence-electron chi connectivity index (χ2n) is 5.58. The fourth-order valence-corrected chi connectivity index (χ4v) is 3.85. The third-order valence-corrected chi connectivity index (χ3v) is 5.31. The van der Waals surface area contributed by atoms with E-state index in [1.807, 2.05) is 25.8 Å². The normalized spacial score (nSPS) is 24.5. The summed E-state index contributed by atoms with van der Waals surface area (Å²) in [6, 6.07) is 0.292. The number of aromatic nitrogens is 1. The monoisotopic (exact) mass is 281 g/mol. The topological polar surface area (TPSA) is 59.2 Å². The van der Waals surface area contributed by atoms with Crippen molar-refractivity contribution in [1.29, 1.82) is 0 Å². The van der Waals surface area contributed by atoms with Gasteiger partial charge >= 0.3 is 0 Å². The molecule has 1 aromatic rings. The van der Waals surface area contributed by atoms with Crippen molar-refractivity contribution in [3.05, 3.63) is 15.6 Å². The summed E-state index contributed by atoms with van der Waals surface area (Å²) in [6.45, 7) is 6.09. The first-order valence-corrected chi connectivity index (χ1v) is 7.68. The minimum absolute atomic E-state index is 0.0931. The van der Waals surface area contributed by atoms with Crippen LogP contribution in [0.15, 0.2) is 0 Å². The van der Waals surface area contributed by atoms with Crippen LogP contribution in [0.1, 0.15) is 47.8 Å². The number of hydrogen-bond acceptors (Lipinski definition) is 4. The molecule has 1 heterocycles. The molecule has 4 nitrogen and oxygen atoms in total. The molecule has 0 aromatic carbocycles. The van der Waals surface area contributed by atoms with Crippen LogP contribution in [0, 0.1) is 19.8 Å². The predicted molar refractivity (Wildman–Crippen MR) is 78.1 cm³/mol. The highest BCUT2D eigenvalue weighted by Crippen LogP contribution is 2.32. The molecule has 1 aliphatic rings. The Kier molecular flexibility index (Phi) is 4.26. The van der Waals surface area contributed by atoms with E-state index in [-0.39, 0.29) is 23.9 Å². The Hall–Kier alpha value is -0.940. The fraction of sp³-hybridized carbons (Fsp3) is 0.714. The SMILES string of the molecule is Cc1nc(C)c(C(C)N(C)C(=O)C2CCC(N)C2)s1. The summed E-state index contributed by atoms with van der Waals surface area (Å²) in [7, 11) is 1.89. The molecule has 5 heteroatoms. The van der Waals surface area contributed by atoms with E-state index in [4.69, 9.17) is 5.73 Å². The van der Waals surface area contributed by atoms with Gasteiger partial charge in [0.2, 0.25) is 5.91 Å². The van der Waals surface area contributed by atoms with Crippen LogP contribution in [0.3, 0.4) is 0 Å². The number of nitrogens with two attached hydrogens (primary N) is 1. The highest BCUT2D eigenvalue weighted by Gasteiger charge is 2.32. The highest BCUT2D eigenvalue weighted by atomic mass is 32.1. The van der Waals surface area contributed by atoms with Crippen LogP contribution in [0.4, 0.5) is 0 Å². The van der Waals surface area contributed by atoms with E-state index in [0.717, 1.165) is 30.0 Å². The van der Waals surface area contributed by atoms with Crippen molar-refractivity contribution in [2.75, 3.05) is 7.05 Å². The van der Waals surface area contributed by atoms with Crippen LogP contribution in [-0.4, -0.2) is 28.9 Å². The first-order chi connectivity index (χ1) is 8.90. The van der Waals surface area contributed by atoms with Gasteiger partial charge in [0, 0.05) is 23.9 Å². The minimum atomic E-state index is 0.0931. The Labute approximate surface area is 119 Å². The standard InChI is InChI=1S/C14H23N3OS/c1-8-13(19-10(3)16-8)9(2)17(4)14(18)11-5-6-12(15)7-11/h9,11-12H,5-7,15H2,1-4H3. The summed E-state index contributed by atoms with van der Waals surface area (Å²) in [5, 5.41) is 1.06.